The molecule has 0 bridgehead atoms. The predicted octanol–water partition coefficient (Wildman–Crippen LogP) is 3.37. The molecule has 0 fully saturated rings. The average Bonchev–Trinajstić information content (AvgIpc) is 2.74. The van der Waals surface area contributed by atoms with Crippen LogP contribution in [0, 0.1) is 0 Å². The van der Waals surface area contributed by atoms with Gasteiger partial charge in [0.05, 0.1) is 12.7 Å². The normalized spacial score (nSPS) is 11.3. The Morgan fingerprint density at radius 2 is 1.80 bits per heavy atom. The molecule has 0 saturated heterocycles. The number of rotatable bonds is 9. The van der Waals surface area contributed by atoms with E-state index in [1.165, 1.54) is 0 Å². The fourth-order valence-electron chi connectivity index (χ4n) is 2.45. The number of carbonyl (C=O) groups excluding carboxylic acids is 2. The van der Waals surface area contributed by atoms with Gasteiger partial charge in [-0.2, -0.15) is 0 Å². The fourth-order valence-corrected chi connectivity index (χ4v) is 2.66. The van der Waals surface area contributed by atoms with E-state index >= 15 is 0 Å². The summed E-state index contributed by atoms with van der Waals surface area (Å²) < 4.78 is 10.6. The smallest absolute Gasteiger partial charge is 0.257 e. The molecular formula is C22H27N3O4S. The number of nitrogens with one attached hydrogen (secondary N) is 3. The standard InChI is InChI=1S/C22H27N3O4S/c1-4-15(2)29-19-10-8-16(9-11-19)21(27)25-22(30)24-18-7-5-6-17(14-18)20(26)23-12-13-28-3/h5-11,14-15H,4,12-13H2,1-3H3,(H,23,26)(H2,24,25,27,30). The van der Waals surface area contributed by atoms with Gasteiger partial charge in [0.15, 0.2) is 5.11 Å². The van der Waals surface area contributed by atoms with Crippen LogP contribution in [0.4, 0.5) is 5.69 Å². The third-order valence-corrected chi connectivity index (χ3v) is 4.43. The minimum Gasteiger partial charge on any atom is -0.491 e. The van der Waals surface area contributed by atoms with E-state index in [0.717, 1.165) is 6.42 Å². The lowest BCUT2D eigenvalue weighted by Gasteiger charge is -2.13. The highest BCUT2D eigenvalue weighted by atomic mass is 32.1. The number of benzene rings is 2. The monoisotopic (exact) mass is 429 g/mol. The van der Waals surface area contributed by atoms with Crippen LogP contribution in [-0.2, 0) is 4.74 Å². The van der Waals surface area contributed by atoms with E-state index in [1.807, 2.05) is 13.8 Å². The number of thiocarbonyl (C=S) groups is 1. The zero-order valence-electron chi connectivity index (χ0n) is 17.4. The zero-order chi connectivity index (χ0) is 21.9. The highest BCUT2D eigenvalue weighted by molar-refractivity contribution is 7.80. The largest absolute Gasteiger partial charge is 0.491 e. The molecule has 8 heteroatoms. The van der Waals surface area contributed by atoms with Crippen molar-refractivity contribution >= 4 is 34.8 Å². The van der Waals surface area contributed by atoms with Gasteiger partial charge >= 0.3 is 0 Å². The Balaban J connectivity index is 1.91. The maximum absolute atomic E-state index is 12.4. The van der Waals surface area contributed by atoms with Crippen molar-refractivity contribution in [3.05, 3.63) is 59.7 Å². The summed E-state index contributed by atoms with van der Waals surface area (Å²) in [5.74, 6) is 0.156. The van der Waals surface area contributed by atoms with Crippen molar-refractivity contribution in [2.24, 2.45) is 0 Å². The second-order valence-corrected chi connectivity index (χ2v) is 7.01. The lowest BCUT2D eigenvalue weighted by atomic mass is 10.2. The Kier molecular flexibility index (Phi) is 9.24. The van der Waals surface area contributed by atoms with Gasteiger partial charge < -0.3 is 20.1 Å². The van der Waals surface area contributed by atoms with Gasteiger partial charge in [-0.05, 0) is 68.0 Å². The maximum Gasteiger partial charge on any atom is 0.257 e. The van der Waals surface area contributed by atoms with Crippen molar-refractivity contribution in [3.8, 4) is 5.75 Å². The second-order valence-electron chi connectivity index (χ2n) is 6.60. The van der Waals surface area contributed by atoms with E-state index in [9.17, 15) is 9.59 Å². The zero-order valence-corrected chi connectivity index (χ0v) is 18.2. The van der Waals surface area contributed by atoms with Gasteiger partial charge in [-0.3, -0.25) is 14.9 Å². The summed E-state index contributed by atoms with van der Waals surface area (Å²) in [7, 11) is 1.57. The molecular weight excluding hydrogens is 402 g/mol. The van der Waals surface area contributed by atoms with Crippen LogP contribution in [0.25, 0.3) is 0 Å². The van der Waals surface area contributed by atoms with Crippen LogP contribution in [0.1, 0.15) is 41.0 Å². The van der Waals surface area contributed by atoms with Crippen molar-refractivity contribution in [3.63, 3.8) is 0 Å². The number of amides is 2. The lowest BCUT2D eigenvalue weighted by molar-refractivity contribution is 0.0935. The summed E-state index contributed by atoms with van der Waals surface area (Å²) in [5, 5.41) is 8.44. The summed E-state index contributed by atoms with van der Waals surface area (Å²) in [6.07, 6.45) is 1.01. The first-order valence-electron chi connectivity index (χ1n) is 9.69. The number of methoxy groups -OCH3 is 1. The highest BCUT2D eigenvalue weighted by Gasteiger charge is 2.10. The predicted molar refractivity (Wildman–Crippen MR) is 121 cm³/mol. The minimum atomic E-state index is -0.337. The molecule has 2 aromatic carbocycles. The van der Waals surface area contributed by atoms with Gasteiger partial charge in [-0.25, -0.2) is 0 Å². The van der Waals surface area contributed by atoms with Crippen LogP contribution in [-0.4, -0.2) is 43.3 Å². The third-order valence-electron chi connectivity index (χ3n) is 4.23. The van der Waals surface area contributed by atoms with E-state index in [2.05, 4.69) is 16.0 Å². The molecule has 0 aromatic heterocycles. The van der Waals surface area contributed by atoms with E-state index < -0.39 is 0 Å². The van der Waals surface area contributed by atoms with Crippen molar-refractivity contribution in [1.29, 1.82) is 0 Å². The van der Waals surface area contributed by atoms with Crippen LogP contribution < -0.4 is 20.7 Å². The molecule has 160 valence electrons. The molecule has 1 atom stereocenters. The molecule has 0 aliphatic heterocycles. The molecule has 1 unspecified atom stereocenters. The Labute approximate surface area is 182 Å². The molecule has 7 nitrogen and oxygen atoms in total. The molecule has 2 rings (SSSR count). The Morgan fingerprint density at radius 1 is 1.07 bits per heavy atom. The Bertz CT molecular complexity index is 871. The first kappa shape index (κ1) is 23.3. The number of anilines is 1. The molecule has 30 heavy (non-hydrogen) atoms. The van der Waals surface area contributed by atoms with Crippen LogP contribution in [0.5, 0.6) is 5.75 Å². The number of hydrogen-bond donors (Lipinski definition) is 3. The van der Waals surface area contributed by atoms with E-state index in [4.69, 9.17) is 21.7 Å². The van der Waals surface area contributed by atoms with E-state index in [0.29, 0.717) is 35.7 Å². The first-order valence-corrected chi connectivity index (χ1v) is 10.1. The van der Waals surface area contributed by atoms with Crippen molar-refractivity contribution in [2.45, 2.75) is 26.4 Å². The highest BCUT2D eigenvalue weighted by Crippen LogP contribution is 2.15. The van der Waals surface area contributed by atoms with E-state index in [1.54, 1.807) is 55.6 Å². The van der Waals surface area contributed by atoms with E-state index in [-0.39, 0.29) is 23.0 Å². The van der Waals surface area contributed by atoms with Gasteiger partial charge in [0.25, 0.3) is 11.8 Å². The van der Waals surface area contributed by atoms with Gasteiger partial charge in [0.2, 0.25) is 0 Å². The number of ether oxygens (including phenoxy) is 2. The number of carbonyl (C=O) groups is 2. The van der Waals surface area contributed by atoms with Gasteiger partial charge in [-0.1, -0.05) is 13.0 Å². The molecule has 2 amide bonds. The molecule has 0 spiro atoms. The quantitative estimate of drug-likeness (QED) is 0.418. The van der Waals surface area contributed by atoms with Crippen LogP contribution in [0.3, 0.4) is 0 Å². The molecule has 2 aromatic rings. The molecule has 0 aliphatic rings. The summed E-state index contributed by atoms with van der Waals surface area (Å²) in [5.41, 5.74) is 1.53. The number of hydrogen-bond acceptors (Lipinski definition) is 5. The van der Waals surface area contributed by atoms with Gasteiger partial charge in [-0.15, -0.1) is 0 Å². The summed E-state index contributed by atoms with van der Waals surface area (Å²) in [6.45, 7) is 4.89. The summed E-state index contributed by atoms with van der Waals surface area (Å²) in [6, 6.07) is 13.7. The van der Waals surface area contributed by atoms with Crippen LogP contribution >= 0.6 is 12.2 Å². The van der Waals surface area contributed by atoms with Crippen molar-refractivity contribution < 1.29 is 19.1 Å². The van der Waals surface area contributed by atoms with Crippen LogP contribution in [0.15, 0.2) is 48.5 Å². The SMILES string of the molecule is CCC(C)Oc1ccc(C(=O)NC(=S)Nc2cccc(C(=O)NCCOC)c2)cc1. The van der Waals surface area contributed by atoms with Gasteiger partial charge in [0.1, 0.15) is 5.75 Å². The maximum atomic E-state index is 12.4. The Hall–Kier alpha value is -2.97. The molecule has 0 saturated carbocycles. The van der Waals surface area contributed by atoms with Gasteiger partial charge in [0, 0.05) is 30.5 Å². The lowest BCUT2D eigenvalue weighted by Crippen LogP contribution is -2.34. The average molecular weight is 430 g/mol. The molecule has 0 radical (unpaired) electrons. The first-order chi connectivity index (χ1) is 14.4. The summed E-state index contributed by atoms with van der Waals surface area (Å²) in [4.78, 5) is 24.5. The molecule has 0 heterocycles. The molecule has 3 N–H and O–H groups in total. The van der Waals surface area contributed by atoms with Crippen LogP contribution in [0.2, 0.25) is 0 Å². The Morgan fingerprint density at radius 3 is 2.47 bits per heavy atom. The topological polar surface area (TPSA) is 88.7 Å². The van der Waals surface area contributed by atoms with Crippen molar-refractivity contribution in [2.75, 3.05) is 25.6 Å². The van der Waals surface area contributed by atoms with Crippen molar-refractivity contribution in [1.82, 2.24) is 10.6 Å². The second kappa shape index (κ2) is 11.9. The summed E-state index contributed by atoms with van der Waals surface area (Å²) >= 11 is 5.22. The minimum absolute atomic E-state index is 0.110. The third kappa shape index (κ3) is 7.46. The fraction of sp³-hybridized carbons (Fsp3) is 0.318. The molecule has 0 aliphatic carbocycles.